The topological polar surface area (TPSA) is 37.9 Å². The number of rotatable bonds is 5. The highest BCUT2D eigenvalue weighted by Gasteiger charge is 2.29. The molecule has 0 atom stereocenters. The van der Waals surface area contributed by atoms with Crippen LogP contribution in [-0.4, -0.2) is 10.2 Å². The number of H-pyrrole nitrogens is 1. The predicted octanol–water partition coefficient (Wildman–Crippen LogP) is 6.72. The molecule has 1 heterocycles. The van der Waals surface area contributed by atoms with Gasteiger partial charge in [0.1, 0.15) is 6.61 Å². The molecule has 0 amide bonds. The van der Waals surface area contributed by atoms with Gasteiger partial charge in [-0.3, -0.25) is 5.10 Å². The molecule has 0 bridgehead atoms. The van der Waals surface area contributed by atoms with Crippen LogP contribution >= 0.6 is 0 Å². The number of alkyl halides is 3. The van der Waals surface area contributed by atoms with Crippen molar-refractivity contribution in [2.24, 2.45) is 0 Å². The fourth-order valence-corrected chi connectivity index (χ4v) is 3.84. The molecule has 0 unspecified atom stereocenters. The van der Waals surface area contributed by atoms with Gasteiger partial charge in [-0.15, -0.1) is 5.10 Å². The lowest BCUT2D eigenvalue weighted by molar-refractivity contribution is -0.137. The predicted molar refractivity (Wildman–Crippen MR) is 106 cm³/mol. The first-order valence-corrected chi connectivity index (χ1v) is 9.94. The third-order valence-corrected chi connectivity index (χ3v) is 5.52. The number of nitrogens with one attached hydrogen (secondary N) is 1. The van der Waals surface area contributed by atoms with Crippen LogP contribution in [0.15, 0.2) is 54.6 Å². The van der Waals surface area contributed by atoms with E-state index in [-0.39, 0.29) is 6.61 Å². The summed E-state index contributed by atoms with van der Waals surface area (Å²) in [5, 5.41) is 7.11. The van der Waals surface area contributed by atoms with E-state index >= 15 is 0 Å². The summed E-state index contributed by atoms with van der Waals surface area (Å²) in [5.74, 6) is 1.08. The Kier molecular flexibility index (Phi) is 5.60. The van der Waals surface area contributed by atoms with Crippen molar-refractivity contribution < 1.29 is 17.9 Å². The number of hydrogen-bond donors (Lipinski definition) is 1. The Hall–Kier alpha value is -2.76. The van der Waals surface area contributed by atoms with E-state index in [1.54, 1.807) is 6.07 Å². The quantitative estimate of drug-likeness (QED) is 0.516. The van der Waals surface area contributed by atoms with Crippen LogP contribution in [0.25, 0.3) is 11.3 Å². The Bertz CT molecular complexity index is 924. The minimum Gasteiger partial charge on any atom is -0.472 e. The van der Waals surface area contributed by atoms with Crippen molar-refractivity contribution in [3.8, 4) is 17.1 Å². The molecule has 3 nitrogen and oxygen atoms in total. The molecule has 3 aromatic rings. The molecule has 1 aromatic heterocycles. The maximum Gasteiger partial charge on any atom is 0.416 e. The second kappa shape index (κ2) is 8.31. The summed E-state index contributed by atoms with van der Waals surface area (Å²) in [7, 11) is 0. The average Bonchev–Trinajstić information content (AvgIpc) is 3.22. The van der Waals surface area contributed by atoms with Gasteiger partial charge in [-0.25, -0.2) is 0 Å². The van der Waals surface area contributed by atoms with Crippen molar-refractivity contribution in [3.63, 3.8) is 0 Å². The summed E-state index contributed by atoms with van der Waals surface area (Å²) in [4.78, 5) is 0. The van der Waals surface area contributed by atoms with Gasteiger partial charge in [-0.2, -0.15) is 13.2 Å². The van der Waals surface area contributed by atoms with Gasteiger partial charge in [0.2, 0.25) is 5.88 Å². The van der Waals surface area contributed by atoms with Crippen LogP contribution in [-0.2, 0) is 12.8 Å². The molecule has 152 valence electrons. The monoisotopic (exact) mass is 400 g/mol. The largest absolute Gasteiger partial charge is 0.472 e. The van der Waals surface area contributed by atoms with Crippen molar-refractivity contribution in [1.29, 1.82) is 0 Å². The maximum absolute atomic E-state index is 12.6. The van der Waals surface area contributed by atoms with Crippen LogP contribution in [0.1, 0.15) is 54.7 Å². The molecular weight excluding hydrogens is 377 g/mol. The van der Waals surface area contributed by atoms with Gasteiger partial charge in [0.05, 0.1) is 11.3 Å². The van der Waals surface area contributed by atoms with Gasteiger partial charge in [0.15, 0.2) is 0 Å². The lowest BCUT2D eigenvalue weighted by atomic mass is 9.84. The average molecular weight is 400 g/mol. The highest BCUT2D eigenvalue weighted by Crippen LogP contribution is 2.34. The van der Waals surface area contributed by atoms with Crippen molar-refractivity contribution in [3.05, 3.63) is 71.3 Å². The van der Waals surface area contributed by atoms with Crippen LogP contribution in [0.5, 0.6) is 5.88 Å². The summed E-state index contributed by atoms with van der Waals surface area (Å²) in [5.41, 5.74) is 3.26. The van der Waals surface area contributed by atoms with E-state index in [0.717, 1.165) is 23.4 Å². The molecule has 0 saturated heterocycles. The molecule has 1 saturated carbocycles. The van der Waals surface area contributed by atoms with E-state index in [1.807, 2.05) is 0 Å². The van der Waals surface area contributed by atoms with Crippen LogP contribution in [0.4, 0.5) is 13.2 Å². The molecule has 2 aromatic carbocycles. The molecule has 1 aliphatic carbocycles. The SMILES string of the molecule is FC(F)(F)c1ccc(COc2cc(-c3ccc(C4CCCCC4)cc3)[nH]n2)cc1. The molecule has 1 fully saturated rings. The van der Waals surface area contributed by atoms with Crippen LogP contribution in [0.2, 0.25) is 0 Å². The number of aromatic amines is 1. The standard InChI is InChI=1S/C23H23F3N2O/c24-23(25,26)20-12-6-16(7-13-20)15-29-22-14-21(27-28-22)19-10-8-18(9-11-19)17-4-2-1-3-5-17/h6-14,17H,1-5,15H2,(H,27,28). The number of aromatic nitrogens is 2. The van der Waals surface area contributed by atoms with Gasteiger partial charge in [-0.05, 0) is 47.6 Å². The zero-order chi connectivity index (χ0) is 20.3. The van der Waals surface area contributed by atoms with Gasteiger partial charge in [-0.1, -0.05) is 55.7 Å². The van der Waals surface area contributed by atoms with Crippen LogP contribution in [0.3, 0.4) is 0 Å². The van der Waals surface area contributed by atoms with Gasteiger partial charge in [0.25, 0.3) is 0 Å². The van der Waals surface area contributed by atoms with E-state index in [9.17, 15) is 13.2 Å². The van der Waals surface area contributed by atoms with Crippen LogP contribution < -0.4 is 4.74 Å². The molecule has 1 aliphatic rings. The fraction of sp³-hybridized carbons (Fsp3) is 0.348. The van der Waals surface area contributed by atoms with E-state index in [2.05, 4.69) is 34.5 Å². The van der Waals surface area contributed by atoms with Crippen molar-refractivity contribution in [2.45, 2.75) is 50.8 Å². The maximum atomic E-state index is 12.6. The Morgan fingerprint density at radius 2 is 1.62 bits per heavy atom. The van der Waals surface area contributed by atoms with Crippen molar-refractivity contribution in [2.75, 3.05) is 0 Å². The zero-order valence-corrected chi connectivity index (χ0v) is 16.0. The summed E-state index contributed by atoms with van der Waals surface area (Å²) < 4.78 is 43.5. The third-order valence-electron chi connectivity index (χ3n) is 5.52. The third kappa shape index (κ3) is 4.81. The molecule has 4 rings (SSSR count). The number of benzene rings is 2. The molecule has 29 heavy (non-hydrogen) atoms. The van der Waals surface area contributed by atoms with E-state index in [1.165, 1.54) is 49.8 Å². The van der Waals surface area contributed by atoms with Crippen molar-refractivity contribution >= 4 is 0 Å². The summed E-state index contributed by atoms with van der Waals surface area (Å²) in [6, 6.07) is 15.3. The van der Waals surface area contributed by atoms with E-state index in [0.29, 0.717) is 17.4 Å². The number of ether oxygens (including phenoxy) is 1. The first-order chi connectivity index (χ1) is 14.0. The Labute approximate surface area is 167 Å². The molecule has 6 heteroatoms. The Balaban J connectivity index is 1.37. The van der Waals surface area contributed by atoms with E-state index in [4.69, 9.17) is 4.74 Å². The number of nitrogens with zero attached hydrogens (tertiary/aromatic N) is 1. The molecule has 0 spiro atoms. The number of hydrogen-bond acceptors (Lipinski definition) is 2. The highest BCUT2D eigenvalue weighted by atomic mass is 19.4. The Morgan fingerprint density at radius 3 is 2.28 bits per heavy atom. The summed E-state index contributed by atoms with van der Waals surface area (Å²) in [6.45, 7) is 0.156. The Morgan fingerprint density at radius 1 is 0.931 bits per heavy atom. The molecule has 1 N–H and O–H groups in total. The molecule has 0 radical (unpaired) electrons. The normalized spacial score (nSPS) is 15.4. The second-order valence-electron chi connectivity index (χ2n) is 7.56. The lowest BCUT2D eigenvalue weighted by Gasteiger charge is -2.22. The van der Waals surface area contributed by atoms with Gasteiger partial charge < -0.3 is 4.74 Å². The summed E-state index contributed by atoms with van der Waals surface area (Å²) >= 11 is 0. The lowest BCUT2D eigenvalue weighted by Crippen LogP contribution is -2.05. The fourth-order valence-electron chi connectivity index (χ4n) is 3.84. The first-order valence-electron chi connectivity index (χ1n) is 9.94. The molecule has 0 aliphatic heterocycles. The first kappa shape index (κ1) is 19.6. The zero-order valence-electron chi connectivity index (χ0n) is 16.0. The smallest absolute Gasteiger partial charge is 0.416 e. The van der Waals surface area contributed by atoms with Crippen molar-refractivity contribution in [1.82, 2.24) is 10.2 Å². The highest BCUT2D eigenvalue weighted by molar-refractivity contribution is 5.60. The van der Waals surface area contributed by atoms with E-state index < -0.39 is 11.7 Å². The summed E-state index contributed by atoms with van der Waals surface area (Å²) in [6.07, 6.45) is 2.18. The second-order valence-corrected chi connectivity index (χ2v) is 7.56. The van der Waals surface area contributed by atoms with Gasteiger partial charge in [0, 0.05) is 6.07 Å². The minimum absolute atomic E-state index is 0.156. The number of halogens is 3. The minimum atomic E-state index is -4.33. The van der Waals surface area contributed by atoms with Gasteiger partial charge >= 0.3 is 6.18 Å². The van der Waals surface area contributed by atoms with Crippen LogP contribution in [0, 0.1) is 0 Å². The molecular formula is C23H23F3N2O.